The fourth-order valence-corrected chi connectivity index (χ4v) is 6.45. The van der Waals surface area contributed by atoms with E-state index in [-0.39, 0.29) is 30.5 Å². The van der Waals surface area contributed by atoms with Gasteiger partial charge in [0.2, 0.25) is 0 Å². The van der Waals surface area contributed by atoms with Crippen LogP contribution in [-0.4, -0.2) is 89.7 Å². The smallest absolute Gasteiger partial charge is 0.407 e. The number of nitrogens with one attached hydrogen (secondary N) is 1. The molecule has 3 fully saturated rings. The highest BCUT2D eigenvalue weighted by atomic mass is 35.5. The summed E-state index contributed by atoms with van der Waals surface area (Å²) in [4.78, 5) is 27.5. The van der Waals surface area contributed by atoms with Crippen LogP contribution in [0.15, 0.2) is 42.5 Å². The van der Waals surface area contributed by atoms with Gasteiger partial charge in [-0.1, -0.05) is 36.4 Å². The number of morpholine rings is 1. The Balaban J connectivity index is 0.00000329. The van der Waals surface area contributed by atoms with Crippen molar-refractivity contribution in [2.75, 3.05) is 55.7 Å². The number of hydrogen-bond acceptors (Lipinski definition) is 9. The number of rotatable bonds is 6. The SMILES string of the molecule is Cl.N#CCC1CN(c2nc(OCC3CNC4(CC4)CO3)nc3c2CCN(c2cccc4ccccc24)C3)CCN1C(=O)O. The molecule has 7 rings (SSSR count). The Morgan fingerprint density at radius 3 is 2.74 bits per heavy atom. The third-order valence-corrected chi connectivity index (χ3v) is 9.04. The number of carbonyl (C=O) groups is 1. The molecule has 0 bridgehead atoms. The number of amides is 1. The van der Waals surface area contributed by atoms with Crippen molar-refractivity contribution < 1.29 is 19.4 Å². The molecular weight excluding hydrogens is 570 g/mol. The van der Waals surface area contributed by atoms with E-state index >= 15 is 0 Å². The lowest BCUT2D eigenvalue weighted by atomic mass is 10.0. The molecule has 1 saturated carbocycles. The van der Waals surface area contributed by atoms with Gasteiger partial charge in [0.1, 0.15) is 18.5 Å². The van der Waals surface area contributed by atoms with E-state index in [2.05, 4.69) is 63.7 Å². The molecular formula is C31H36ClN7O4. The van der Waals surface area contributed by atoms with Gasteiger partial charge in [-0.3, -0.25) is 0 Å². The van der Waals surface area contributed by atoms with E-state index in [9.17, 15) is 15.2 Å². The Morgan fingerprint density at radius 1 is 1.14 bits per heavy atom. The average molecular weight is 606 g/mol. The Hall–Kier alpha value is -3.85. The van der Waals surface area contributed by atoms with Gasteiger partial charge in [-0.05, 0) is 30.7 Å². The summed E-state index contributed by atoms with van der Waals surface area (Å²) < 4.78 is 12.3. The van der Waals surface area contributed by atoms with Crippen LogP contribution in [0.3, 0.4) is 0 Å². The summed E-state index contributed by atoms with van der Waals surface area (Å²) in [5.41, 5.74) is 3.31. The van der Waals surface area contributed by atoms with E-state index in [1.165, 1.54) is 21.4 Å². The van der Waals surface area contributed by atoms with Crippen molar-refractivity contribution in [1.82, 2.24) is 20.2 Å². The maximum absolute atomic E-state index is 11.8. The number of halogens is 1. The quantitative estimate of drug-likeness (QED) is 0.430. The first-order chi connectivity index (χ1) is 20.5. The summed E-state index contributed by atoms with van der Waals surface area (Å²) in [5, 5.41) is 25.1. The minimum Gasteiger partial charge on any atom is -0.465 e. The Morgan fingerprint density at radius 2 is 1.98 bits per heavy atom. The zero-order chi connectivity index (χ0) is 28.7. The molecule has 226 valence electrons. The van der Waals surface area contributed by atoms with Crippen LogP contribution in [0.25, 0.3) is 10.8 Å². The lowest BCUT2D eigenvalue weighted by Gasteiger charge is -2.41. The third kappa shape index (κ3) is 5.87. The van der Waals surface area contributed by atoms with Gasteiger partial charge in [-0.15, -0.1) is 12.4 Å². The summed E-state index contributed by atoms with van der Waals surface area (Å²) >= 11 is 0. The van der Waals surface area contributed by atoms with Crippen molar-refractivity contribution >= 4 is 40.8 Å². The van der Waals surface area contributed by atoms with Crippen LogP contribution in [0.4, 0.5) is 16.3 Å². The summed E-state index contributed by atoms with van der Waals surface area (Å²) in [6.07, 6.45) is 2.12. The molecule has 1 aromatic heterocycles. The molecule has 2 unspecified atom stereocenters. The molecule has 2 aromatic carbocycles. The van der Waals surface area contributed by atoms with E-state index in [1.807, 2.05) is 0 Å². The third-order valence-electron chi connectivity index (χ3n) is 9.04. The minimum absolute atomic E-state index is 0. The van der Waals surface area contributed by atoms with Gasteiger partial charge in [-0.2, -0.15) is 15.2 Å². The molecule has 2 atom stereocenters. The second kappa shape index (κ2) is 12.0. The van der Waals surface area contributed by atoms with E-state index in [4.69, 9.17) is 19.4 Å². The van der Waals surface area contributed by atoms with Gasteiger partial charge >= 0.3 is 12.1 Å². The molecule has 0 radical (unpaired) electrons. The minimum atomic E-state index is -0.997. The van der Waals surface area contributed by atoms with Crippen LogP contribution in [0.5, 0.6) is 6.01 Å². The highest BCUT2D eigenvalue weighted by molar-refractivity contribution is 5.94. The molecule has 43 heavy (non-hydrogen) atoms. The monoisotopic (exact) mass is 605 g/mol. The highest BCUT2D eigenvalue weighted by Crippen LogP contribution is 2.38. The molecule has 2 saturated heterocycles. The van der Waals surface area contributed by atoms with Gasteiger partial charge in [0.25, 0.3) is 0 Å². The molecule has 2 N–H and O–H groups in total. The zero-order valence-electron chi connectivity index (χ0n) is 23.9. The van der Waals surface area contributed by atoms with Crippen LogP contribution in [0.1, 0.15) is 30.5 Å². The molecule has 3 aromatic rings. The molecule has 12 heteroatoms. The van der Waals surface area contributed by atoms with Gasteiger partial charge in [0.05, 0.1) is 37.4 Å². The number of fused-ring (bicyclic) bond motifs is 2. The molecule has 1 amide bonds. The predicted octanol–water partition coefficient (Wildman–Crippen LogP) is 3.60. The molecule has 1 aliphatic carbocycles. The number of ether oxygens (including phenoxy) is 2. The average Bonchev–Trinajstić information content (AvgIpc) is 3.78. The molecule has 4 heterocycles. The van der Waals surface area contributed by atoms with Crippen molar-refractivity contribution in [2.24, 2.45) is 0 Å². The van der Waals surface area contributed by atoms with E-state index in [0.717, 1.165) is 49.4 Å². The first-order valence-electron chi connectivity index (χ1n) is 14.8. The van der Waals surface area contributed by atoms with E-state index < -0.39 is 12.1 Å². The van der Waals surface area contributed by atoms with E-state index in [0.29, 0.717) is 45.4 Å². The first-order valence-corrected chi connectivity index (χ1v) is 14.8. The van der Waals surface area contributed by atoms with Crippen molar-refractivity contribution in [1.29, 1.82) is 5.26 Å². The van der Waals surface area contributed by atoms with Gasteiger partial charge in [-0.25, -0.2) is 4.79 Å². The lowest BCUT2D eigenvalue weighted by Crippen LogP contribution is -2.55. The van der Waals surface area contributed by atoms with Crippen molar-refractivity contribution in [3.63, 3.8) is 0 Å². The number of nitrogens with zero attached hydrogens (tertiary/aromatic N) is 6. The standard InChI is InChI=1S/C31H35N7O4.ClH/c32-12-8-22-17-37(14-15-38(22)30(39)40)28-25-9-13-36(27-7-3-5-21-4-1-2-6-24(21)27)18-26(25)34-29(35-28)41-19-23-16-33-31(10-11-31)20-42-23;/h1-7,22-23,33H,8-11,13-20H2,(H,39,40);1H. The zero-order valence-corrected chi connectivity index (χ0v) is 24.8. The van der Waals surface area contributed by atoms with Crippen molar-refractivity contribution in [3.05, 3.63) is 53.7 Å². The fraction of sp³-hybridized carbons (Fsp3) is 0.484. The van der Waals surface area contributed by atoms with Crippen molar-refractivity contribution in [2.45, 2.75) is 49.9 Å². The number of hydrogen-bond donors (Lipinski definition) is 2. The topological polar surface area (TPSA) is 127 Å². The second-order valence-electron chi connectivity index (χ2n) is 11.8. The first kappa shape index (κ1) is 29.2. The van der Waals surface area contributed by atoms with Crippen LogP contribution >= 0.6 is 12.4 Å². The lowest BCUT2D eigenvalue weighted by molar-refractivity contribution is -0.0274. The van der Waals surface area contributed by atoms with Crippen LogP contribution in [0.2, 0.25) is 0 Å². The normalized spacial score (nSPS) is 22.4. The summed E-state index contributed by atoms with van der Waals surface area (Å²) in [6, 6.07) is 16.8. The van der Waals surface area contributed by atoms with Crippen LogP contribution in [-0.2, 0) is 17.7 Å². The number of aromatic nitrogens is 2. The van der Waals surface area contributed by atoms with Crippen LogP contribution < -0.4 is 19.9 Å². The Kier molecular flexibility index (Phi) is 8.18. The molecule has 1 spiro atoms. The summed E-state index contributed by atoms with van der Waals surface area (Å²) in [5.74, 6) is 0.778. The van der Waals surface area contributed by atoms with Crippen LogP contribution in [0, 0.1) is 11.3 Å². The maximum atomic E-state index is 11.8. The van der Waals surface area contributed by atoms with Gasteiger partial charge in [0, 0.05) is 54.9 Å². The number of piperazine rings is 1. The molecule has 11 nitrogen and oxygen atoms in total. The largest absolute Gasteiger partial charge is 0.465 e. The summed E-state index contributed by atoms with van der Waals surface area (Å²) in [7, 11) is 0. The van der Waals surface area contributed by atoms with Gasteiger partial charge in [0.15, 0.2) is 0 Å². The molecule has 4 aliphatic rings. The van der Waals surface area contributed by atoms with Gasteiger partial charge < -0.3 is 34.6 Å². The molecule has 3 aliphatic heterocycles. The number of nitriles is 1. The van der Waals surface area contributed by atoms with Crippen molar-refractivity contribution in [3.8, 4) is 12.1 Å². The highest BCUT2D eigenvalue weighted by Gasteiger charge is 2.46. The number of anilines is 2. The fourth-order valence-electron chi connectivity index (χ4n) is 6.45. The predicted molar refractivity (Wildman–Crippen MR) is 164 cm³/mol. The second-order valence-corrected chi connectivity index (χ2v) is 11.8. The number of carboxylic acid groups (broad SMARTS) is 1. The summed E-state index contributed by atoms with van der Waals surface area (Å²) in [6.45, 7) is 4.38. The van der Waals surface area contributed by atoms with E-state index in [1.54, 1.807) is 0 Å². The Bertz CT molecular complexity index is 1530. The maximum Gasteiger partial charge on any atom is 0.407 e. The Labute approximate surface area is 256 Å². The number of benzene rings is 2.